The van der Waals surface area contributed by atoms with E-state index in [9.17, 15) is 0 Å². The molecule has 0 saturated carbocycles. The summed E-state index contributed by atoms with van der Waals surface area (Å²) in [6.45, 7) is 11.6. The number of methoxy groups -OCH3 is 1. The highest BCUT2D eigenvalue weighted by Crippen LogP contribution is 2.52. The number of hydrogen-bond donors (Lipinski definition) is 1. The van der Waals surface area contributed by atoms with E-state index in [1.807, 2.05) is 0 Å². The highest BCUT2D eigenvalue weighted by atomic mass is 16.5. The summed E-state index contributed by atoms with van der Waals surface area (Å²) in [5, 5.41) is 3.90. The van der Waals surface area contributed by atoms with E-state index >= 15 is 0 Å². The third-order valence-electron chi connectivity index (χ3n) is 7.97. The Hall–Kier alpha value is -2.06. The first-order valence-corrected chi connectivity index (χ1v) is 11.9. The van der Waals surface area contributed by atoms with E-state index in [0.29, 0.717) is 29.2 Å². The summed E-state index contributed by atoms with van der Waals surface area (Å²) in [6, 6.07) is 6.96. The van der Waals surface area contributed by atoms with E-state index in [2.05, 4.69) is 88.5 Å². The summed E-state index contributed by atoms with van der Waals surface area (Å²) in [4.78, 5) is 0. The molecule has 31 heavy (non-hydrogen) atoms. The molecule has 5 rings (SSSR count). The molecule has 164 valence electrons. The molecule has 4 aliphatic rings. The van der Waals surface area contributed by atoms with E-state index in [0.717, 1.165) is 12.2 Å². The molecule has 0 bridgehead atoms. The van der Waals surface area contributed by atoms with Gasteiger partial charge in [-0.1, -0.05) is 61.9 Å². The molecule has 1 N–H and O–H groups in total. The van der Waals surface area contributed by atoms with Crippen LogP contribution in [0.4, 0.5) is 0 Å². The van der Waals surface area contributed by atoms with Gasteiger partial charge in [0.25, 0.3) is 0 Å². The van der Waals surface area contributed by atoms with Gasteiger partial charge in [0.05, 0.1) is 7.11 Å². The van der Waals surface area contributed by atoms with Crippen LogP contribution in [0.2, 0.25) is 0 Å². The Morgan fingerprint density at radius 1 is 1.10 bits per heavy atom. The van der Waals surface area contributed by atoms with Crippen LogP contribution in [0.25, 0.3) is 5.57 Å². The van der Waals surface area contributed by atoms with Gasteiger partial charge in [-0.3, -0.25) is 0 Å². The van der Waals surface area contributed by atoms with Gasteiger partial charge >= 0.3 is 0 Å². The maximum Gasteiger partial charge on any atom is 0.126 e. The minimum Gasteiger partial charge on any atom is -0.496 e. The van der Waals surface area contributed by atoms with Crippen LogP contribution in [0.1, 0.15) is 58.6 Å². The number of nitrogens with one attached hydrogen (secondary N) is 1. The van der Waals surface area contributed by atoms with E-state index in [1.165, 1.54) is 35.1 Å². The molecule has 4 unspecified atom stereocenters. The number of hydrogen-bond acceptors (Lipinski definition) is 2. The smallest absolute Gasteiger partial charge is 0.126 e. The average molecular weight is 416 g/mol. The molecule has 0 aromatic heterocycles. The molecule has 4 atom stereocenters. The van der Waals surface area contributed by atoms with Gasteiger partial charge in [-0.25, -0.2) is 0 Å². The molecule has 0 radical (unpaired) electrons. The standard InChI is InChI=1S/C29H37NO/c1-18-17-29(4,5)30-23-11-10-21-26-20(8-7-9-24(26)31-6)16-22(27(21)25(18)23)19-12-14-28(2,3)15-13-19/h7-12,14,17,19,22-23,25,30H,13,15-16H2,1-6H3. The Labute approximate surface area is 188 Å². The molecule has 1 aromatic carbocycles. The van der Waals surface area contributed by atoms with Crippen molar-refractivity contribution in [2.75, 3.05) is 7.11 Å². The van der Waals surface area contributed by atoms with Crippen molar-refractivity contribution in [3.63, 3.8) is 0 Å². The first kappa shape index (κ1) is 20.8. The lowest BCUT2D eigenvalue weighted by molar-refractivity contribution is 0.284. The fourth-order valence-electron chi connectivity index (χ4n) is 6.61. The maximum atomic E-state index is 5.85. The molecule has 2 nitrogen and oxygen atoms in total. The second kappa shape index (κ2) is 7.24. The third-order valence-corrected chi connectivity index (χ3v) is 7.97. The van der Waals surface area contributed by atoms with Crippen molar-refractivity contribution < 1.29 is 4.74 Å². The van der Waals surface area contributed by atoms with E-state index in [-0.39, 0.29) is 5.54 Å². The van der Waals surface area contributed by atoms with E-state index < -0.39 is 0 Å². The van der Waals surface area contributed by atoms with Crippen LogP contribution in [0.15, 0.2) is 59.7 Å². The molecule has 0 fully saturated rings. The van der Waals surface area contributed by atoms with Crippen molar-refractivity contribution >= 4 is 5.57 Å². The summed E-state index contributed by atoms with van der Waals surface area (Å²) >= 11 is 0. The third kappa shape index (κ3) is 3.53. The number of rotatable bonds is 2. The van der Waals surface area contributed by atoms with Crippen molar-refractivity contribution in [3.8, 4) is 5.75 Å². The minimum atomic E-state index is 0.0299. The quantitative estimate of drug-likeness (QED) is 0.557. The maximum absolute atomic E-state index is 5.85. The molecule has 1 heterocycles. The largest absolute Gasteiger partial charge is 0.496 e. The summed E-state index contributed by atoms with van der Waals surface area (Å²) in [5.41, 5.74) is 7.67. The van der Waals surface area contributed by atoms with Crippen LogP contribution in [0, 0.1) is 23.2 Å². The van der Waals surface area contributed by atoms with Crippen LogP contribution in [0.5, 0.6) is 5.75 Å². The lowest BCUT2D eigenvalue weighted by atomic mass is 9.61. The fourth-order valence-corrected chi connectivity index (χ4v) is 6.61. The number of fused-ring (bicyclic) bond motifs is 4. The topological polar surface area (TPSA) is 21.3 Å². The van der Waals surface area contributed by atoms with Crippen molar-refractivity contribution in [2.45, 2.75) is 65.5 Å². The second-order valence-corrected chi connectivity index (χ2v) is 11.3. The highest BCUT2D eigenvalue weighted by Gasteiger charge is 2.44. The van der Waals surface area contributed by atoms with Gasteiger partial charge in [-0.05, 0) is 80.1 Å². The Kier molecular flexibility index (Phi) is 4.86. The van der Waals surface area contributed by atoms with Crippen molar-refractivity contribution in [3.05, 3.63) is 70.9 Å². The van der Waals surface area contributed by atoms with Gasteiger partial charge in [0.1, 0.15) is 5.75 Å². The van der Waals surface area contributed by atoms with Gasteiger partial charge in [0, 0.05) is 23.1 Å². The zero-order chi connectivity index (χ0) is 22.0. The van der Waals surface area contributed by atoms with E-state index in [4.69, 9.17) is 4.74 Å². The van der Waals surface area contributed by atoms with Crippen molar-refractivity contribution in [2.24, 2.45) is 23.2 Å². The molecule has 0 saturated heterocycles. The van der Waals surface area contributed by atoms with Gasteiger partial charge in [0.2, 0.25) is 0 Å². The Morgan fingerprint density at radius 3 is 2.61 bits per heavy atom. The summed E-state index contributed by atoms with van der Waals surface area (Å²) < 4.78 is 5.85. The van der Waals surface area contributed by atoms with Crippen molar-refractivity contribution in [1.82, 2.24) is 5.32 Å². The van der Waals surface area contributed by atoms with E-state index in [1.54, 1.807) is 12.7 Å². The van der Waals surface area contributed by atoms with Crippen LogP contribution in [-0.2, 0) is 6.42 Å². The minimum absolute atomic E-state index is 0.0299. The van der Waals surface area contributed by atoms with Crippen LogP contribution in [-0.4, -0.2) is 18.7 Å². The first-order chi connectivity index (χ1) is 14.7. The average Bonchev–Trinajstić information content (AvgIpc) is 2.71. The molecular weight excluding hydrogens is 378 g/mol. The van der Waals surface area contributed by atoms with Gasteiger partial charge in [-0.15, -0.1) is 0 Å². The van der Waals surface area contributed by atoms with Crippen LogP contribution < -0.4 is 10.1 Å². The Bertz CT molecular complexity index is 1020. The number of ether oxygens (including phenoxy) is 1. The lowest BCUT2D eigenvalue weighted by Crippen LogP contribution is -2.53. The SMILES string of the molecule is COc1cccc2c1C1=C(C(C3C=CC(C)(C)CC3)C2)C2C(C)=CC(C)(C)NC2C=C1. The number of benzene rings is 1. The first-order valence-electron chi connectivity index (χ1n) is 11.9. The Morgan fingerprint density at radius 2 is 1.90 bits per heavy atom. The highest BCUT2D eigenvalue weighted by molar-refractivity contribution is 5.86. The van der Waals surface area contributed by atoms with Crippen LogP contribution >= 0.6 is 0 Å². The van der Waals surface area contributed by atoms with Gasteiger partial charge in [-0.2, -0.15) is 0 Å². The molecule has 1 aromatic rings. The predicted molar refractivity (Wildman–Crippen MR) is 130 cm³/mol. The van der Waals surface area contributed by atoms with Crippen molar-refractivity contribution in [1.29, 1.82) is 0 Å². The zero-order valence-electron chi connectivity index (χ0n) is 20.0. The molecule has 1 aliphatic heterocycles. The summed E-state index contributed by atoms with van der Waals surface area (Å²) in [7, 11) is 1.80. The molecule has 3 aliphatic carbocycles. The lowest BCUT2D eigenvalue weighted by Gasteiger charge is -2.48. The molecule has 0 spiro atoms. The van der Waals surface area contributed by atoms with Gasteiger partial charge in [0.15, 0.2) is 0 Å². The van der Waals surface area contributed by atoms with Crippen LogP contribution in [0.3, 0.4) is 0 Å². The second-order valence-electron chi connectivity index (χ2n) is 11.3. The molecule has 2 heteroatoms. The number of allylic oxidation sites excluding steroid dienone is 4. The summed E-state index contributed by atoms with van der Waals surface area (Å²) in [5.74, 6) is 2.59. The monoisotopic (exact) mass is 415 g/mol. The normalized spacial score (nSPS) is 32.6. The molecular formula is C29H37NO. The Balaban J connectivity index is 1.69. The van der Waals surface area contributed by atoms with Gasteiger partial charge < -0.3 is 10.1 Å². The fraction of sp³-hybridized carbons (Fsp3) is 0.517. The predicted octanol–water partition coefficient (Wildman–Crippen LogP) is 6.50. The summed E-state index contributed by atoms with van der Waals surface area (Å²) in [6.07, 6.45) is 15.9. The zero-order valence-corrected chi connectivity index (χ0v) is 20.0. The molecule has 0 amide bonds.